The van der Waals surface area contributed by atoms with Crippen LogP contribution >= 0.6 is 0 Å². The molecular formula is C66H44N2O. The zero-order valence-corrected chi connectivity index (χ0v) is 37.7. The molecule has 11 aromatic carbocycles. The van der Waals surface area contributed by atoms with E-state index < -0.39 is 0 Å². The molecule has 0 bridgehead atoms. The quantitative estimate of drug-likeness (QED) is 0.144. The van der Waals surface area contributed by atoms with Gasteiger partial charge in [0.1, 0.15) is 11.2 Å². The Kier molecular flexibility index (Phi) is 9.84. The molecule has 0 spiro atoms. The molecular weight excluding hydrogens is 837 g/mol. The first kappa shape index (κ1) is 40.1. The molecule has 2 aromatic heterocycles. The number of furan rings is 1. The Morgan fingerprint density at radius 3 is 1.29 bits per heavy atom. The van der Waals surface area contributed by atoms with Crippen LogP contribution in [-0.2, 0) is 0 Å². The molecule has 0 atom stereocenters. The second-order valence-electron chi connectivity index (χ2n) is 17.7. The van der Waals surface area contributed by atoms with Crippen LogP contribution in [0.3, 0.4) is 0 Å². The summed E-state index contributed by atoms with van der Waals surface area (Å²) < 4.78 is 8.91. The lowest BCUT2D eigenvalue weighted by Gasteiger charge is -2.26. The second-order valence-corrected chi connectivity index (χ2v) is 17.7. The first-order valence-corrected chi connectivity index (χ1v) is 23.6. The van der Waals surface area contributed by atoms with E-state index in [1.165, 1.54) is 49.6 Å². The molecule has 0 aliphatic heterocycles. The first-order valence-electron chi connectivity index (χ1n) is 23.6. The van der Waals surface area contributed by atoms with Crippen molar-refractivity contribution in [2.24, 2.45) is 0 Å². The van der Waals surface area contributed by atoms with Crippen LogP contribution in [0.4, 0.5) is 17.1 Å². The average molecular weight is 881 g/mol. The normalized spacial score (nSPS) is 11.5. The molecule has 0 saturated carbocycles. The molecule has 69 heavy (non-hydrogen) atoms. The van der Waals surface area contributed by atoms with Gasteiger partial charge in [-0.15, -0.1) is 0 Å². The monoisotopic (exact) mass is 880 g/mol. The van der Waals surface area contributed by atoms with Crippen LogP contribution in [-0.4, -0.2) is 4.57 Å². The number of benzene rings is 11. The van der Waals surface area contributed by atoms with Crippen LogP contribution in [0.2, 0.25) is 0 Å². The highest BCUT2D eigenvalue weighted by Gasteiger charge is 2.19. The average Bonchev–Trinajstić information content (AvgIpc) is 3.98. The zero-order chi connectivity index (χ0) is 45.7. The highest BCUT2D eigenvalue weighted by Crippen LogP contribution is 2.42. The van der Waals surface area contributed by atoms with Gasteiger partial charge in [0.05, 0.1) is 16.7 Å². The lowest BCUT2D eigenvalue weighted by atomic mass is 9.97. The zero-order valence-electron chi connectivity index (χ0n) is 37.7. The summed E-state index contributed by atoms with van der Waals surface area (Å²) in [5, 5.41) is 4.74. The van der Waals surface area contributed by atoms with Crippen molar-refractivity contribution in [3.63, 3.8) is 0 Å². The Morgan fingerprint density at radius 1 is 0.275 bits per heavy atom. The number of hydrogen-bond acceptors (Lipinski definition) is 2. The Bertz CT molecular complexity index is 3930. The van der Waals surface area contributed by atoms with Crippen molar-refractivity contribution in [2.45, 2.75) is 0 Å². The number of nitrogens with zero attached hydrogens (tertiary/aromatic N) is 2. The highest BCUT2D eigenvalue weighted by atomic mass is 16.3. The van der Waals surface area contributed by atoms with E-state index in [-0.39, 0.29) is 0 Å². The van der Waals surface area contributed by atoms with Gasteiger partial charge < -0.3 is 13.9 Å². The predicted octanol–water partition coefficient (Wildman–Crippen LogP) is 18.5. The third kappa shape index (κ3) is 7.16. The van der Waals surface area contributed by atoms with E-state index in [1.54, 1.807) is 0 Å². The Labute approximate surface area is 401 Å². The minimum atomic E-state index is 0.899. The van der Waals surface area contributed by atoms with Crippen molar-refractivity contribution in [1.29, 1.82) is 0 Å². The maximum absolute atomic E-state index is 6.47. The topological polar surface area (TPSA) is 21.3 Å². The minimum absolute atomic E-state index is 0.899. The van der Waals surface area contributed by atoms with E-state index in [2.05, 4.69) is 264 Å². The van der Waals surface area contributed by atoms with Crippen molar-refractivity contribution >= 4 is 60.8 Å². The fourth-order valence-corrected chi connectivity index (χ4v) is 10.3. The smallest absolute Gasteiger partial charge is 0.143 e. The standard InChI is InChI=1S/C66H44N2O/c1-3-15-45(16-4-1)50-19-13-20-51(43-50)47-29-36-53(37-30-47)67(55-40-33-49(34-41-55)57-24-14-25-61-60-23-9-12-28-65(60)69-66(57)61)54-38-31-48(32-39-54)56-42-35-52(46-17-5-2-6-18-46)44-64(56)68-62-26-10-7-21-58(62)59-22-8-11-27-63(59)68/h1-44H. The lowest BCUT2D eigenvalue weighted by Crippen LogP contribution is -2.10. The summed E-state index contributed by atoms with van der Waals surface area (Å²) in [4.78, 5) is 2.35. The van der Waals surface area contributed by atoms with Crippen molar-refractivity contribution in [2.75, 3.05) is 4.90 Å². The first-order chi connectivity index (χ1) is 34.2. The molecule has 0 radical (unpaired) electrons. The largest absolute Gasteiger partial charge is 0.455 e. The SMILES string of the molecule is c1ccc(-c2cccc(-c3ccc(N(c4ccc(-c5ccc(-c6ccccc6)cc5-n5c6ccccc6c6ccccc65)cc4)c4ccc(-c5cccc6c5oc5ccccc56)cc4)cc3)c2)cc1. The molecule has 0 amide bonds. The number of para-hydroxylation sites is 4. The number of anilines is 3. The number of fused-ring (bicyclic) bond motifs is 6. The van der Waals surface area contributed by atoms with Crippen molar-refractivity contribution in [3.8, 4) is 61.3 Å². The Hall–Kier alpha value is -9.18. The summed E-state index contributed by atoms with van der Waals surface area (Å²) in [7, 11) is 0. The van der Waals surface area contributed by atoms with E-state index in [0.717, 1.165) is 72.5 Å². The predicted molar refractivity (Wildman–Crippen MR) is 290 cm³/mol. The van der Waals surface area contributed by atoms with E-state index in [0.29, 0.717) is 0 Å². The maximum Gasteiger partial charge on any atom is 0.143 e. The lowest BCUT2D eigenvalue weighted by molar-refractivity contribution is 0.670. The summed E-state index contributed by atoms with van der Waals surface area (Å²) >= 11 is 0. The van der Waals surface area contributed by atoms with E-state index in [1.807, 2.05) is 12.1 Å². The molecule has 13 rings (SSSR count). The van der Waals surface area contributed by atoms with Gasteiger partial charge in [-0.2, -0.15) is 0 Å². The summed E-state index contributed by atoms with van der Waals surface area (Å²) in [6.07, 6.45) is 0. The van der Waals surface area contributed by atoms with Gasteiger partial charge in [-0.3, -0.25) is 0 Å². The van der Waals surface area contributed by atoms with Crippen LogP contribution in [0.25, 0.3) is 105 Å². The van der Waals surface area contributed by atoms with E-state index in [9.17, 15) is 0 Å². The maximum atomic E-state index is 6.47. The molecule has 324 valence electrons. The summed E-state index contributed by atoms with van der Waals surface area (Å²) in [6, 6.07) is 96.1. The van der Waals surface area contributed by atoms with Gasteiger partial charge in [0.2, 0.25) is 0 Å². The summed E-state index contributed by atoms with van der Waals surface area (Å²) in [5.74, 6) is 0. The second kappa shape index (κ2) is 16.9. The molecule has 0 N–H and O–H groups in total. The van der Waals surface area contributed by atoms with Crippen LogP contribution in [0, 0.1) is 0 Å². The van der Waals surface area contributed by atoms with Gasteiger partial charge >= 0.3 is 0 Å². The van der Waals surface area contributed by atoms with Gasteiger partial charge in [0.25, 0.3) is 0 Å². The molecule has 2 heterocycles. The van der Waals surface area contributed by atoms with E-state index in [4.69, 9.17) is 4.42 Å². The Balaban J connectivity index is 0.922. The fourth-order valence-electron chi connectivity index (χ4n) is 10.3. The minimum Gasteiger partial charge on any atom is -0.455 e. The molecule has 13 aromatic rings. The fraction of sp³-hybridized carbons (Fsp3) is 0. The van der Waals surface area contributed by atoms with Gasteiger partial charge in [0, 0.05) is 49.7 Å². The van der Waals surface area contributed by atoms with Crippen molar-refractivity contribution in [3.05, 3.63) is 267 Å². The van der Waals surface area contributed by atoms with Gasteiger partial charge in [-0.1, -0.05) is 200 Å². The van der Waals surface area contributed by atoms with Gasteiger partial charge in [-0.25, -0.2) is 0 Å². The number of hydrogen-bond donors (Lipinski definition) is 0. The van der Waals surface area contributed by atoms with Crippen LogP contribution in [0.15, 0.2) is 271 Å². The molecule has 0 aliphatic carbocycles. The molecule has 0 unspecified atom stereocenters. The van der Waals surface area contributed by atoms with Gasteiger partial charge in [0.15, 0.2) is 0 Å². The van der Waals surface area contributed by atoms with E-state index >= 15 is 0 Å². The van der Waals surface area contributed by atoms with Crippen molar-refractivity contribution in [1.82, 2.24) is 4.57 Å². The van der Waals surface area contributed by atoms with Gasteiger partial charge in [-0.05, 0) is 111 Å². The van der Waals surface area contributed by atoms with Crippen molar-refractivity contribution < 1.29 is 4.42 Å². The number of rotatable bonds is 9. The van der Waals surface area contributed by atoms with Crippen LogP contribution in [0.5, 0.6) is 0 Å². The number of aromatic nitrogens is 1. The van der Waals surface area contributed by atoms with Crippen LogP contribution < -0.4 is 4.90 Å². The molecule has 3 nitrogen and oxygen atoms in total. The Morgan fingerprint density at radius 2 is 0.696 bits per heavy atom. The molecule has 3 heteroatoms. The van der Waals surface area contributed by atoms with Crippen LogP contribution in [0.1, 0.15) is 0 Å². The summed E-state index contributed by atoms with van der Waals surface area (Å²) in [6.45, 7) is 0. The molecule has 0 fully saturated rings. The molecule has 0 saturated heterocycles. The molecule has 0 aliphatic rings. The third-order valence-corrected chi connectivity index (χ3v) is 13.6. The highest BCUT2D eigenvalue weighted by molar-refractivity contribution is 6.11. The summed E-state index contributed by atoms with van der Waals surface area (Å²) in [5.41, 5.74) is 20.1. The third-order valence-electron chi connectivity index (χ3n) is 13.6.